The molecule has 1 heterocycles. The maximum atomic E-state index is 11.9. The largest absolute Gasteiger partial charge is 0.433 e. The number of aromatic nitrogens is 1. The molecule has 5 nitrogen and oxygen atoms in total. The topological polar surface area (TPSA) is 63.6 Å². The predicted octanol–water partition coefficient (Wildman–Crippen LogP) is 4.92. The summed E-state index contributed by atoms with van der Waals surface area (Å²) in [7, 11) is 0. The Bertz CT molecular complexity index is 631. The van der Waals surface area contributed by atoms with E-state index in [9.17, 15) is 4.79 Å². The summed E-state index contributed by atoms with van der Waals surface area (Å²) in [6, 6.07) is 15.1. The average molecular weight is 353 g/mol. The number of hydrogen-bond donors (Lipinski definition) is 1. The third-order valence-corrected chi connectivity index (χ3v) is 3.97. The standard InChI is InChI=1S/C21H27N3O2/c1-2-3-4-5-6-11-17-23-21(25)26-24-20(18-13-8-7-9-14-18)19-15-10-12-16-22-19/h7-10,12-16H,2-6,11,17H2,1H3,(H,23,25). The number of benzene rings is 1. The maximum Gasteiger partial charge on any atom is 0.433 e. The second kappa shape index (κ2) is 11.8. The van der Waals surface area contributed by atoms with E-state index >= 15 is 0 Å². The Morgan fingerprint density at radius 1 is 1.00 bits per heavy atom. The lowest BCUT2D eigenvalue weighted by Crippen LogP contribution is -2.24. The molecule has 1 amide bonds. The van der Waals surface area contributed by atoms with E-state index in [1.165, 1.54) is 25.7 Å². The number of rotatable bonds is 10. The molecule has 1 N–H and O–H groups in total. The van der Waals surface area contributed by atoms with Crippen molar-refractivity contribution in [3.8, 4) is 0 Å². The molecule has 1 aromatic heterocycles. The van der Waals surface area contributed by atoms with Gasteiger partial charge in [0.05, 0.1) is 5.69 Å². The number of unbranched alkanes of at least 4 members (excludes halogenated alkanes) is 5. The lowest BCUT2D eigenvalue weighted by Gasteiger charge is -2.07. The molecule has 0 saturated carbocycles. The van der Waals surface area contributed by atoms with Crippen LogP contribution in [-0.4, -0.2) is 23.3 Å². The minimum Gasteiger partial charge on any atom is -0.320 e. The molecule has 0 unspecified atom stereocenters. The Morgan fingerprint density at radius 3 is 2.46 bits per heavy atom. The van der Waals surface area contributed by atoms with E-state index in [-0.39, 0.29) is 0 Å². The first-order chi connectivity index (χ1) is 12.8. The van der Waals surface area contributed by atoms with Gasteiger partial charge >= 0.3 is 6.09 Å². The van der Waals surface area contributed by atoms with E-state index < -0.39 is 6.09 Å². The van der Waals surface area contributed by atoms with Gasteiger partial charge in [-0.15, -0.1) is 0 Å². The van der Waals surface area contributed by atoms with Crippen molar-refractivity contribution in [1.82, 2.24) is 10.3 Å². The number of nitrogens with one attached hydrogen (secondary N) is 1. The molecule has 2 rings (SSSR count). The van der Waals surface area contributed by atoms with Crippen LogP contribution in [0.5, 0.6) is 0 Å². The number of hydrogen-bond acceptors (Lipinski definition) is 4. The van der Waals surface area contributed by atoms with Crippen LogP contribution in [0.3, 0.4) is 0 Å². The van der Waals surface area contributed by atoms with Crippen LogP contribution in [0.15, 0.2) is 59.9 Å². The fourth-order valence-corrected chi connectivity index (χ4v) is 2.56. The van der Waals surface area contributed by atoms with Gasteiger partial charge in [0.15, 0.2) is 0 Å². The molecule has 0 aliphatic heterocycles. The molecule has 0 atom stereocenters. The Kier molecular flexibility index (Phi) is 8.90. The summed E-state index contributed by atoms with van der Waals surface area (Å²) >= 11 is 0. The highest BCUT2D eigenvalue weighted by molar-refractivity contribution is 6.11. The van der Waals surface area contributed by atoms with Crippen molar-refractivity contribution in [1.29, 1.82) is 0 Å². The smallest absolute Gasteiger partial charge is 0.320 e. The zero-order chi connectivity index (χ0) is 18.5. The molecule has 0 spiro atoms. The fourth-order valence-electron chi connectivity index (χ4n) is 2.56. The van der Waals surface area contributed by atoms with Crippen LogP contribution in [0.4, 0.5) is 4.79 Å². The van der Waals surface area contributed by atoms with E-state index in [0.29, 0.717) is 18.0 Å². The highest BCUT2D eigenvalue weighted by atomic mass is 16.7. The van der Waals surface area contributed by atoms with Crippen LogP contribution in [0.2, 0.25) is 0 Å². The molecule has 2 aromatic rings. The maximum absolute atomic E-state index is 11.9. The molecule has 5 heteroatoms. The zero-order valence-electron chi connectivity index (χ0n) is 15.4. The van der Waals surface area contributed by atoms with Gasteiger partial charge in [0.2, 0.25) is 0 Å². The molecule has 1 aromatic carbocycles. The van der Waals surface area contributed by atoms with Gasteiger partial charge in [-0.2, -0.15) is 0 Å². The molecule has 0 aliphatic rings. The van der Waals surface area contributed by atoms with Crippen LogP contribution in [0, 0.1) is 0 Å². The summed E-state index contributed by atoms with van der Waals surface area (Å²) in [4.78, 5) is 21.2. The third kappa shape index (κ3) is 7.05. The SMILES string of the molecule is CCCCCCCCNC(=O)ON=C(c1ccccc1)c1ccccn1. The van der Waals surface area contributed by atoms with E-state index in [2.05, 4.69) is 22.4 Å². The van der Waals surface area contributed by atoms with E-state index in [1.807, 2.05) is 48.5 Å². The van der Waals surface area contributed by atoms with Crippen molar-refractivity contribution < 1.29 is 9.63 Å². The van der Waals surface area contributed by atoms with Gasteiger partial charge in [0.1, 0.15) is 5.71 Å². The van der Waals surface area contributed by atoms with Crippen LogP contribution in [0.1, 0.15) is 56.7 Å². The molecule has 0 fully saturated rings. The lowest BCUT2D eigenvalue weighted by atomic mass is 10.1. The first-order valence-electron chi connectivity index (χ1n) is 9.31. The molecular formula is C21H27N3O2. The number of carbonyl (C=O) groups excluding carboxylic acids is 1. The normalized spacial score (nSPS) is 11.2. The first kappa shape index (κ1) is 19.6. The van der Waals surface area contributed by atoms with Gasteiger partial charge in [-0.3, -0.25) is 9.82 Å². The molecule has 0 bridgehead atoms. The van der Waals surface area contributed by atoms with Crippen molar-refractivity contribution in [3.05, 3.63) is 66.0 Å². The second-order valence-electron chi connectivity index (χ2n) is 6.09. The van der Waals surface area contributed by atoms with Crippen molar-refractivity contribution in [2.45, 2.75) is 45.4 Å². The summed E-state index contributed by atoms with van der Waals surface area (Å²) < 4.78 is 0. The number of amides is 1. The molecule has 0 saturated heterocycles. The Balaban J connectivity index is 1.87. The molecule has 138 valence electrons. The minimum absolute atomic E-state index is 0.529. The van der Waals surface area contributed by atoms with E-state index in [0.717, 1.165) is 18.4 Å². The Labute approximate surface area is 155 Å². The van der Waals surface area contributed by atoms with Crippen molar-refractivity contribution >= 4 is 11.8 Å². The van der Waals surface area contributed by atoms with E-state index in [4.69, 9.17) is 4.84 Å². The minimum atomic E-state index is -0.539. The molecule has 26 heavy (non-hydrogen) atoms. The summed E-state index contributed by atoms with van der Waals surface area (Å²) in [6.45, 7) is 2.80. The second-order valence-corrected chi connectivity index (χ2v) is 6.09. The number of nitrogens with zero attached hydrogens (tertiary/aromatic N) is 2. The first-order valence-corrected chi connectivity index (χ1v) is 9.31. The van der Waals surface area contributed by atoms with E-state index in [1.54, 1.807) is 6.20 Å². The van der Waals surface area contributed by atoms with Gasteiger partial charge in [0, 0.05) is 18.3 Å². The Morgan fingerprint density at radius 2 is 1.73 bits per heavy atom. The summed E-state index contributed by atoms with van der Waals surface area (Å²) in [5.74, 6) is 0. The van der Waals surface area contributed by atoms with Crippen LogP contribution >= 0.6 is 0 Å². The fraction of sp³-hybridized carbons (Fsp3) is 0.381. The van der Waals surface area contributed by atoms with Crippen molar-refractivity contribution in [2.24, 2.45) is 5.16 Å². The average Bonchev–Trinajstić information content (AvgIpc) is 2.69. The number of oxime groups is 1. The highest BCUT2D eigenvalue weighted by Gasteiger charge is 2.10. The number of carbonyl (C=O) groups is 1. The number of pyridine rings is 1. The molecule has 0 aliphatic carbocycles. The van der Waals surface area contributed by atoms with Crippen molar-refractivity contribution in [3.63, 3.8) is 0 Å². The molecular weight excluding hydrogens is 326 g/mol. The predicted molar refractivity (Wildman–Crippen MR) is 104 cm³/mol. The zero-order valence-corrected chi connectivity index (χ0v) is 15.4. The van der Waals surface area contributed by atoms with Gasteiger partial charge in [0.25, 0.3) is 0 Å². The van der Waals surface area contributed by atoms with Crippen LogP contribution in [-0.2, 0) is 4.84 Å². The summed E-state index contributed by atoms with van der Waals surface area (Å²) in [5.41, 5.74) is 2.03. The van der Waals surface area contributed by atoms with Crippen LogP contribution in [0.25, 0.3) is 0 Å². The summed E-state index contributed by atoms with van der Waals surface area (Å²) in [5, 5.41) is 6.79. The monoisotopic (exact) mass is 353 g/mol. The van der Waals surface area contributed by atoms with Gasteiger partial charge in [-0.05, 0) is 18.6 Å². The Hall–Kier alpha value is -2.69. The highest BCUT2D eigenvalue weighted by Crippen LogP contribution is 2.09. The van der Waals surface area contributed by atoms with Crippen molar-refractivity contribution in [2.75, 3.05) is 6.54 Å². The third-order valence-electron chi connectivity index (χ3n) is 3.97. The molecule has 0 radical (unpaired) electrons. The quantitative estimate of drug-likeness (QED) is 0.285. The van der Waals surface area contributed by atoms with Crippen LogP contribution < -0.4 is 5.32 Å². The van der Waals surface area contributed by atoms with Gasteiger partial charge < -0.3 is 5.32 Å². The lowest BCUT2D eigenvalue weighted by molar-refractivity contribution is 0.150. The van der Waals surface area contributed by atoms with Gasteiger partial charge in [-0.1, -0.05) is 80.6 Å². The summed E-state index contributed by atoms with van der Waals surface area (Å²) in [6.07, 6.45) is 8.20. The van der Waals surface area contributed by atoms with Gasteiger partial charge in [-0.25, -0.2) is 4.79 Å².